The van der Waals surface area contributed by atoms with E-state index in [1.807, 2.05) is 30.3 Å². The van der Waals surface area contributed by atoms with E-state index in [0.717, 1.165) is 16.7 Å². The van der Waals surface area contributed by atoms with E-state index in [1.54, 1.807) is 11.0 Å². The largest absolute Gasteiger partial charge is 0.480 e. The molecule has 0 saturated carbocycles. The lowest BCUT2D eigenvalue weighted by Gasteiger charge is -2.27. The van der Waals surface area contributed by atoms with Gasteiger partial charge in [-0.3, -0.25) is 9.59 Å². The maximum absolute atomic E-state index is 12.6. The van der Waals surface area contributed by atoms with Gasteiger partial charge in [-0.25, -0.2) is 13.2 Å². The number of carboxylic acids is 1. The zero-order valence-electron chi connectivity index (χ0n) is 20.5. The van der Waals surface area contributed by atoms with Crippen LogP contribution in [0.1, 0.15) is 40.7 Å². The summed E-state index contributed by atoms with van der Waals surface area (Å²) in [6.45, 7) is 1.02. The molecule has 202 valence electrons. The van der Waals surface area contributed by atoms with Crippen LogP contribution in [-0.2, 0) is 25.8 Å². The smallest absolute Gasteiger partial charge is 0.326 e. The molecule has 8 nitrogen and oxygen atoms in total. The van der Waals surface area contributed by atoms with E-state index in [2.05, 4.69) is 5.32 Å². The Morgan fingerprint density at radius 3 is 2.32 bits per heavy atom. The van der Waals surface area contributed by atoms with Gasteiger partial charge in [-0.05, 0) is 47.6 Å². The summed E-state index contributed by atoms with van der Waals surface area (Å²) < 4.78 is 23.3. The van der Waals surface area contributed by atoms with Crippen LogP contribution in [0.2, 0.25) is 10.0 Å². The van der Waals surface area contributed by atoms with Crippen LogP contribution < -0.4 is 5.32 Å². The molecule has 1 saturated heterocycles. The summed E-state index contributed by atoms with van der Waals surface area (Å²) in [5, 5.41) is 12.4. The topological polar surface area (TPSA) is 121 Å². The summed E-state index contributed by atoms with van der Waals surface area (Å²) in [4.78, 5) is 38.9. The predicted octanol–water partition coefficient (Wildman–Crippen LogP) is 3.86. The van der Waals surface area contributed by atoms with Gasteiger partial charge >= 0.3 is 5.97 Å². The molecule has 1 fully saturated rings. The van der Waals surface area contributed by atoms with Gasteiger partial charge in [-0.2, -0.15) is 0 Å². The second kappa shape index (κ2) is 11.9. The maximum atomic E-state index is 12.6. The van der Waals surface area contributed by atoms with Crippen molar-refractivity contribution in [1.82, 2.24) is 10.2 Å². The fourth-order valence-corrected chi connectivity index (χ4v) is 7.23. The number of carbonyl (C=O) groups is 3. The van der Waals surface area contributed by atoms with Crippen molar-refractivity contribution < 1.29 is 27.9 Å². The Morgan fingerprint density at radius 2 is 1.76 bits per heavy atom. The molecule has 0 bridgehead atoms. The van der Waals surface area contributed by atoms with Gasteiger partial charge in [-0.1, -0.05) is 59.6 Å². The predicted molar refractivity (Wildman–Crippen MR) is 146 cm³/mol. The Bertz CT molecular complexity index is 1350. The van der Waals surface area contributed by atoms with Crippen LogP contribution in [0.15, 0.2) is 48.5 Å². The van der Waals surface area contributed by atoms with Crippen LogP contribution >= 0.6 is 23.2 Å². The molecule has 2 heterocycles. The molecule has 2 aliphatic heterocycles. The number of rotatable bonds is 8. The minimum Gasteiger partial charge on any atom is -0.480 e. The number of nitrogens with one attached hydrogen (secondary N) is 1. The number of aliphatic carboxylic acids is 1. The van der Waals surface area contributed by atoms with Crippen molar-refractivity contribution in [3.05, 3.63) is 75.3 Å². The monoisotopic (exact) mass is 578 g/mol. The van der Waals surface area contributed by atoms with E-state index in [0.29, 0.717) is 25.9 Å². The molecule has 2 amide bonds. The third-order valence-electron chi connectivity index (χ3n) is 6.91. The molecule has 2 N–H and O–H groups in total. The van der Waals surface area contributed by atoms with Crippen LogP contribution in [0.4, 0.5) is 0 Å². The average Bonchev–Trinajstić information content (AvgIpc) is 3.21. The molecule has 38 heavy (non-hydrogen) atoms. The Kier molecular flexibility index (Phi) is 8.80. The van der Waals surface area contributed by atoms with Gasteiger partial charge in [0.05, 0.1) is 27.1 Å². The maximum Gasteiger partial charge on any atom is 0.326 e. The van der Waals surface area contributed by atoms with Crippen LogP contribution in [0.25, 0.3) is 5.57 Å². The minimum atomic E-state index is -3.00. The van der Waals surface area contributed by atoms with E-state index in [1.165, 1.54) is 12.1 Å². The highest BCUT2D eigenvalue weighted by Crippen LogP contribution is 2.27. The fourth-order valence-electron chi connectivity index (χ4n) is 4.80. The number of hydrogen-bond donors (Lipinski definition) is 2. The lowest BCUT2D eigenvalue weighted by Crippen LogP contribution is -2.42. The number of carboxylic acid groups (broad SMARTS) is 1. The number of benzene rings is 2. The molecule has 0 radical (unpaired) electrons. The highest BCUT2D eigenvalue weighted by atomic mass is 35.5. The van der Waals surface area contributed by atoms with E-state index >= 15 is 0 Å². The first-order chi connectivity index (χ1) is 18.0. The van der Waals surface area contributed by atoms with Gasteiger partial charge in [0, 0.05) is 25.9 Å². The molecule has 0 spiro atoms. The Hall–Kier alpha value is -2.88. The van der Waals surface area contributed by atoms with Gasteiger partial charge in [0.1, 0.15) is 6.04 Å². The zero-order chi connectivity index (χ0) is 27.4. The van der Waals surface area contributed by atoms with Crippen molar-refractivity contribution in [2.45, 2.75) is 31.7 Å². The SMILES string of the molecule is O=C(N[C@@H](Cc1ccc(C2=CCN(C(=O)CC3CCS(=O)(=O)C3)CC2)cc1)C(=O)O)c1c(Cl)cccc1Cl. The highest BCUT2D eigenvalue weighted by Gasteiger charge is 2.31. The number of halogens is 2. The molecular formula is C27H28Cl2N2O6S. The summed E-state index contributed by atoms with van der Waals surface area (Å²) in [6, 6.07) is 10.9. The molecule has 2 aromatic carbocycles. The summed E-state index contributed by atoms with van der Waals surface area (Å²) >= 11 is 12.1. The van der Waals surface area contributed by atoms with Crippen molar-refractivity contribution in [2.75, 3.05) is 24.6 Å². The second-order valence-electron chi connectivity index (χ2n) is 9.65. The first kappa shape index (κ1) is 28.1. The van der Waals surface area contributed by atoms with Crippen LogP contribution in [0, 0.1) is 5.92 Å². The zero-order valence-corrected chi connectivity index (χ0v) is 22.9. The molecule has 2 aliphatic rings. The number of sulfone groups is 1. The first-order valence-corrected chi connectivity index (χ1v) is 14.8. The molecule has 2 aromatic rings. The normalized spacial score (nSPS) is 19.5. The van der Waals surface area contributed by atoms with Gasteiger partial charge in [0.15, 0.2) is 9.84 Å². The lowest BCUT2D eigenvalue weighted by molar-refractivity contribution is -0.139. The van der Waals surface area contributed by atoms with E-state index in [9.17, 15) is 27.9 Å². The van der Waals surface area contributed by atoms with Crippen molar-refractivity contribution in [1.29, 1.82) is 0 Å². The van der Waals surface area contributed by atoms with Gasteiger partial charge in [0.25, 0.3) is 5.91 Å². The number of carbonyl (C=O) groups excluding carboxylic acids is 2. The summed E-state index contributed by atoms with van der Waals surface area (Å²) in [6.07, 6.45) is 3.55. The van der Waals surface area contributed by atoms with E-state index in [-0.39, 0.29) is 51.8 Å². The number of hydrogen-bond acceptors (Lipinski definition) is 5. The van der Waals surface area contributed by atoms with Gasteiger partial charge < -0.3 is 15.3 Å². The third kappa shape index (κ3) is 6.95. The first-order valence-electron chi connectivity index (χ1n) is 12.3. The quantitative estimate of drug-likeness (QED) is 0.490. The molecule has 0 aromatic heterocycles. The summed E-state index contributed by atoms with van der Waals surface area (Å²) in [7, 11) is -3.00. The van der Waals surface area contributed by atoms with Crippen molar-refractivity contribution >= 4 is 56.4 Å². The molecule has 2 atom stereocenters. The summed E-state index contributed by atoms with van der Waals surface area (Å²) in [5.74, 6) is -1.68. The summed E-state index contributed by atoms with van der Waals surface area (Å²) in [5.41, 5.74) is 2.82. The Labute approximate surface area is 231 Å². The molecule has 1 unspecified atom stereocenters. The van der Waals surface area contributed by atoms with Crippen LogP contribution in [0.5, 0.6) is 0 Å². The van der Waals surface area contributed by atoms with Gasteiger partial charge in [0.2, 0.25) is 5.91 Å². The molecular weight excluding hydrogens is 551 g/mol. The average molecular weight is 580 g/mol. The lowest BCUT2D eigenvalue weighted by atomic mass is 9.96. The standard InChI is InChI=1S/C27H28Cl2N2O6S/c28-21-2-1-3-22(29)25(21)26(33)30-23(27(34)35)14-17-4-6-19(7-5-17)20-8-11-31(12-9-20)24(32)15-18-10-13-38(36,37)16-18/h1-8,18,23H,9-16H2,(H,30,33)(H,34,35)/t18?,23-/m0/s1. The van der Waals surface area contributed by atoms with E-state index < -0.39 is 27.8 Å². The molecule has 0 aliphatic carbocycles. The number of amides is 2. The Balaban J connectivity index is 1.34. The minimum absolute atomic E-state index is 0.0161. The van der Waals surface area contributed by atoms with E-state index in [4.69, 9.17) is 23.2 Å². The molecule has 11 heteroatoms. The third-order valence-corrected chi connectivity index (χ3v) is 9.38. The Morgan fingerprint density at radius 1 is 1.08 bits per heavy atom. The van der Waals surface area contributed by atoms with Crippen LogP contribution in [0.3, 0.4) is 0 Å². The van der Waals surface area contributed by atoms with Gasteiger partial charge in [-0.15, -0.1) is 0 Å². The van der Waals surface area contributed by atoms with Crippen molar-refractivity contribution in [3.8, 4) is 0 Å². The van der Waals surface area contributed by atoms with Crippen LogP contribution in [-0.4, -0.2) is 66.8 Å². The second-order valence-corrected chi connectivity index (χ2v) is 12.7. The number of nitrogens with zero attached hydrogens (tertiary/aromatic N) is 1. The van der Waals surface area contributed by atoms with Crippen molar-refractivity contribution in [2.24, 2.45) is 5.92 Å². The molecule has 4 rings (SSSR count). The van der Waals surface area contributed by atoms with Crippen molar-refractivity contribution in [3.63, 3.8) is 0 Å². The fraction of sp³-hybridized carbons (Fsp3) is 0.370. The highest BCUT2D eigenvalue weighted by molar-refractivity contribution is 7.91.